The Labute approximate surface area is 84.3 Å². The SMILES string of the molecule is C#Cc1ccccc1NC(=O)CCC. The van der Waals surface area contributed by atoms with Crippen LogP contribution < -0.4 is 5.32 Å². The van der Waals surface area contributed by atoms with Gasteiger partial charge in [0, 0.05) is 12.0 Å². The zero-order valence-electron chi connectivity index (χ0n) is 8.21. The second-order valence-electron chi connectivity index (χ2n) is 2.99. The largest absolute Gasteiger partial charge is 0.325 e. The van der Waals surface area contributed by atoms with Gasteiger partial charge in [0.05, 0.1) is 5.69 Å². The molecule has 0 saturated heterocycles. The minimum absolute atomic E-state index is 0.00944. The first kappa shape index (κ1) is 10.3. The lowest BCUT2D eigenvalue weighted by Gasteiger charge is -2.05. The highest BCUT2D eigenvalue weighted by Crippen LogP contribution is 2.13. The minimum atomic E-state index is 0.00944. The summed E-state index contributed by atoms with van der Waals surface area (Å²) in [6, 6.07) is 7.32. The molecule has 0 bridgehead atoms. The quantitative estimate of drug-likeness (QED) is 0.723. The molecule has 0 saturated carbocycles. The average molecular weight is 187 g/mol. The number of rotatable bonds is 3. The van der Waals surface area contributed by atoms with Crippen LogP contribution in [0.1, 0.15) is 25.3 Å². The number of carbonyl (C=O) groups excluding carboxylic acids is 1. The van der Waals surface area contributed by atoms with Crippen LogP contribution in [0.4, 0.5) is 5.69 Å². The van der Waals surface area contributed by atoms with E-state index >= 15 is 0 Å². The third-order valence-corrected chi connectivity index (χ3v) is 1.83. The molecule has 2 heteroatoms. The van der Waals surface area contributed by atoms with Crippen molar-refractivity contribution in [1.82, 2.24) is 0 Å². The van der Waals surface area contributed by atoms with Crippen LogP contribution in [0.25, 0.3) is 0 Å². The Bertz CT molecular complexity index is 363. The maximum Gasteiger partial charge on any atom is 0.224 e. The molecule has 1 rings (SSSR count). The zero-order chi connectivity index (χ0) is 10.4. The molecule has 0 spiro atoms. The molecule has 0 heterocycles. The van der Waals surface area contributed by atoms with Gasteiger partial charge in [0.15, 0.2) is 0 Å². The van der Waals surface area contributed by atoms with Crippen molar-refractivity contribution in [3.8, 4) is 12.3 Å². The normalized spacial score (nSPS) is 9.14. The maximum atomic E-state index is 11.3. The third kappa shape index (κ3) is 2.63. The summed E-state index contributed by atoms with van der Waals surface area (Å²) in [5.74, 6) is 2.54. The lowest BCUT2D eigenvalue weighted by molar-refractivity contribution is -0.116. The van der Waals surface area contributed by atoms with Crippen LogP contribution in [0.15, 0.2) is 24.3 Å². The monoisotopic (exact) mass is 187 g/mol. The smallest absolute Gasteiger partial charge is 0.224 e. The lowest BCUT2D eigenvalue weighted by atomic mass is 10.2. The van der Waals surface area contributed by atoms with Gasteiger partial charge in [0.25, 0.3) is 0 Å². The van der Waals surface area contributed by atoms with Gasteiger partial charge in [-0.15, -0.1) is 6.42 Å². The standard InChI is InChI=1S/C12H13NO/c1-3-7-12(14)13-11-9-6-5-8-10(11)4-2/h2,5-6,8-9H,3,7H2,1H3,(H,13,14). The summed E-state index contributed by atoms with van der Waals surface area (Å²) in [7, 11) is 0. The average Bonchev–Trinajstić information content (AvgIpc) is 2.19. The molecule has 0 fully saturated rings. The number of hydrogen-bond donors (Lipinski definition) is 1. The molecule has 2 nitrogen and oxygen atoms in total. The highest BCUT2D eigenvalue weighted by Gasteiger charge is 2.02. The molecule has 0 aliphatic carbocycles. The number of hydrogen-bond acceptors (Lipinski definition) is 1. The zero-order valence-corrected chi connectivity index (χ0v) is 8.21. The van der Waals surface area contributed by atoms with Crippen LogP contribution in [0, 0.1) is 12.3 Å². The Morgan fingerprint density at radius 3 is 2.86 bits per heavy atom. The Balaban J connectivity index is 2.77. The molecule has 0 radical (unpaired) electrons. The van der Waals surface area contributed by atoms with E-state index in [0.29, 0.717) is 12.1 Å². The molecule has 72 valence electrons. The van der Waals surface area contributed by atoms with E-state index in [-0.39, 0.29) is 5.91 Å². The van der Waals surface area contributed by atoms with Crippen molar-refractivity contribution in [2.24, 2.45) is 0 Å². The number of amides is 1. The summed E-state index contributed by atoms with van der Waals surface area (Å²) in [5, 5.41) is 2.78. The van der Waals surface area contributed by atoms with E-state index in [2.05, 4.69) is 11.2 Å². The number of para-hydroxylation sites is 1. The van der Waals surface area contributed by atoms with Gasteiger partial charge in [0.2, 0.25) is 5.91 Å². The Hall–Kier alpha value is -1.75. The van der Waals surface area contributed by atoms with Crippen molar-refractivity contribution in [2.45, 2.75) is 19.8 Å². The van der Waals surface area contributed by atoms with Crippen LogP contribution in [-0.4, -0.2) is 5.91 Å². The predicted molar refractivity (Wildman–Crippen MR) is 57.9 cm³/mol. The van der Waals surface area contributed by atoms with Crippen molar-refractivity contribution in [3.63, 3.8) is 0 Å². The van der Waals surface area contributed by atoms with E-state index in [9.17, 15) is 4.79 Å². The number of nitrogens with one attached hydrogen (secondary N) is 1. The molecule has 1 N–H and O–H groups in total. The molecular weight excluding hydrogens is 174 g/mol. The summed E-state index contributed by atoms with van der Waals surface area (Å²) in [4.78, 5) is 11.3. The number of benzene rings is 1. The molecule has 0 unspecified atom stereocenters. The van der Waals surface area contributed by atoms with Crippen LogP contribution in [-0.2, 0) is 4.79 Å². The second-order valence-corrected chi connectivity index (χ2v) is 2.99. The maximum absolute atomic E-state index is 11.3. The molecule has 1 amide bonds. The molecule has 14 heavy (non-hydrogen) atoms. The Morgan fingerprint density at radius 2 is 2.21 bits per heavy atom. The van der Waals surface area contributed by atoms with Crippen LogP contribution >= 0.6 is 0 Å². The van der Waals surface area contributed by atoms with E-state index < -0.39 is 0 Å². The van der Waals surface area contributed by atoms with Crippen LogP contribution in [0.3, 0.4) is 0 Å². The first-order valence-electron chi connectivity index (χ1n) is 4.63. The molecule has 1 aromatic carbocycles. The number of terminal acetylenes is 1. The van der Waals surface area contributed by atoms with Gasteiger partial charge in [-0.25, -0.2) is 0 Å². The van der Waals surface area contributed by atoms with Gasteiger partial charge in [-0.2, -0.15) is 0 Å². The molecule has 0 aliphatic rings. The molecule has 0 aliphatic heterocycles. The van der Waals surface area contributed by atoms with E-state index in [1.165, 1.54) is 0 Å². The first-order valence-corrected chi connectivity index (χ1v) is 4.63. The summed E-state index contributed by atoms with van der Waals surface area (Å²) in [6.45, 7) is 1.96. The Kier molecular flexibility index (Phi) is 3.75. The van der Waals surface area contributed by atoms with Crippen molar-refractivity contribution in [3.05, 3.63) is 29.8 Å². The Morgan fingerprint density at radius 1 is 1.50 bits per heavy atom. The summed E-state index contributed by atoms with van der Waals surface area (Å²) in [5.41, 5.74) is 1.44. The van der Waals surface area contributed by atoms with Gasteiger partial charge >= 0.3 is 0 Å². The first-order chi connectivity index (χ1) is 6.77. The van der Waals surface area contributed by atoms with Crippen LogP contribution in [0.2, 0.25) is 0 Å². The highest BCUT2D eigenvalue weighted by atomic mass is 16.1. The molecule has 1 aromatic rings. The van der Waals surface area contributed by atoms with E-state index in [1.54, 1.807) is 0 Å². The summed E-state index contributed by atoms with van der Waals surface area (Å²) >= 11 is 0. The fraction of sp³-hybridized carbons (Fsp3) is 0.250. The second kappa shape index (κ2) is 5.08. The van der Waals surface area contributed by atoms with Crippen LogP contribution in [0.5, 0.6) is 0 Å². The van der Waals surface area contributed by atoms with Crippen molar-refractivity contribution in [1.29, 1.82) is 0 Å². The molecular formula is C12H13NO. The molecule has 0 aromatic heterocycles. The predicted octanol–water partition coefficient (Wildman–Crippen LogP) is 2.41. The lowest BCUT2D eigenvalue weighted by Crippen LogP contribution is -2.11. The van der Waals surface area contributed by atoms with Crippen molar-refractivity contribution >= 4 is 11.6 Å². The van der Waals surface area contributed by atoms with Gasteiger partial charge in [0.1, 0.15) is 0 Å². The van der Waals surface area contributed by atoms with Gasteiger partial charge in [-0.05, 0) is 18.6 Å². The highest BCUT2D eigenvalue weighted by molar-refractivity contribution is 5.92. The fourth-order valence-electron chi connectivity index (χ4n) is 1.16. The van der Waals surface area contributed by atoms with Gasteiger partial charge < -0.3 is 5.32 Å². The summed E-state index contributed by atoms with van der Waals surface area (Å²) in [6.07, 6.45) is 6.66. The minimum Gasteiger partial charge on any atom is -0.325 e. The van der Waals surface area contributed by atoms with E-state index in [0.717, 1.165) is 12.0 Å². The molecule has 0 atom stereocenters. The third-order valence-electron chi connectivity index (χ3n) is 1.83. The van der Waals surface area contributed by atoms with E-state index in [4.69, 9.17) is 6.42 Å². The van der Waals surface area contributed by atoms with E-state index in [1.807, 2.05) is 31.2 Å². The summed E-state index contributed by atoms with van der Waals surface area (Å²) < 4.78 is 0. The number of anilines is 1. The van der Waals surface area contributed by atoms with Gasteiger partial charge in [-0.1, -0.05) is 25.0 Å². The van der Waals surface area contributed by atoms with Crippen molar-refractivity contribution in [2.75, 3.05) is 5.32 Å². The van der Waals surface area contributed by atoms with Crippen molar-refractivity contribution < 1.29 is 4.79 Å². The fourth-order valence-corrected chi connectivity index (χ4v) is 1.16. The van der Waals surface area contributed by atoms with Gasteiger partial charge in [-0.3, -0.25) is 4.79 Å². The number of carbonyl (C=O) groups is 1. The topological polar surface area (TPSA) is 29.1 Å².